The predicted molar refractivity (Wildman–Crippen MR) is 153 cm³/mol. The molecule has 4 fully saturated rings. The number of fused-ring (bicyclic) bond motifs is 5. The third-order valence-corrected chi connectivity index (χ3v) is 12.0. The molecule has 0 bridgehead atoms. The minimum absolute atomic E-state index is 0.115. The van der Waals surface area contributed by atoms with E-state index in [1.807, 2.05) is 12.5 Å². The molecule has 7 atom stereocenters. The quantitative estimate of drug-likeness (QED) is 0.278. The van der Waals surface area contributed by atoms with Crippen molar-refractivity contribution in [2.45, 2.75) is 89.8 Å². The van der Waals surface area contributed by atoms with Gasteiger partial charge in [-0.15, -0.1) is 0 Å². The van der Waals surface area contributed by atoms with Crippen molar-refractivity contribution in [3.8, 4) is 0 Å². The molecule has 218 valence electrons. The van der Waals surface area contributed by atoms with Gasteiger partial charge in [-0.25, -0.2) is 0 Å². The van der Waals surface area contributed by atoms with Crippen LogP contribution in [0.5, 0.6) is 0 Å². The van der Waals surface area contributed by atoms with Crippen LogP contribution >= 0.6 is 0 Å². The van der Waals surface area contributed by atoms with Crippen molar-refractivity contribution < 1.29 is 18.6 Å². The summed E-state index contributed by atoms with van der Waals surface area (Å²) in [6, 6.07) is 2.14. The van der Waals surface area contributed by atoms with Gasteiger partial charge in [-0.2, -0.15) is 0 Å². The molecule has 5 aliphatic rings. The first-order chi connectivity index (χ1) is 19.0. The van der Waals surface area contributed by atoms with Gasteiger partial charge in [0.2, 0.25) is 0 Å². The zero-order chi connectivity index (χ0) is 26.9. The molecule has 3 saturated carbocycles. The molecule has 6 rings (SSSR count). The number of likely N-dealkylation sites (tertiary alicyclic amines) is 1. The normalized spacial score (nSPS) is 40.2. The van der Waals surface area contributed by atoms with Gasteiger partial charge < -0.3 is 29.3 Å². The first-order valence-electron chi connectivity index (χ1n) is 16.0. The minimum Gasteiger partial charge on any atom is -0.472 e. The smallest absolute Gasteiger partial charge is 0.102 e. The van der Waals surface area contributed by atoms with Crippen LogP contribution in [0.1, 0.15) is 83.6 Å². The van der Waals surface area contributed by atoms with Gasteiger partial charge in [0.05, 0.1) is 45.1 Å². The maximum absolute atomic E-state index is 6.74. The average Bonchev–Trinajstić information content (AvgIpc) is 3.71. The highest BCUT2D eigenvalue weighted by Crippen LogP contribution is 2.70. The van der Waals surface area contributed by atoms with Crippen LogP contribution in [-0.2, 0) is 19.8 Å². The Hall–Kier alpha value is -1.18. The Morgan fingerprint density at radius 3 is 2.64 bits per heavy atom. The molecule has 2 heterocycles. The molecule has 1 aliphatic heterocycles. The maximum atomic E-state index is 6.74. The Morgan fingerprint density at radius 1 is 1.00 bits per heavy atom. The molecule has 39 heavy (non-hydrogen) atoms. The van der Waals surface area contributed by atoms with Crippen LogP contribution in [0.4, 0.5) is 0 Å². The van der Waals surface area contributed by atoms with Crippen molar-refractivity contribution in [3.05, 3.63) is 35.8 Å². The van der Waals surface area contributed by atoms with Crippen LogP contribution in [0.2, 0.25) is 0 Å². The molecule has 2 N–H and O–H groups in total. The zero-order valence-electron chi connectivity index (χ0n) is 24.5. The van der Waals surface area contributed by atoms with Crippen LogP contribution in [0.3, 0.4) is 0 Å². The summed E-state index contributed by atoms with van der Waals surface area (Å²) < 4.78 is 24.6. The van der Waals surface area contributed by atoms with E-state index in [-0.39, 0.29) is 11.0 Å². The monoisotopic (exact) mass is 540 g/mol. The van der Waals surface area contributed by atoms with Crippen LogP contribution in [0.15, 0.2) is 34.7 Å². The standard InChI is InChI=1S/C33H52N2O4/c1-31-11-7-27(38-22-21-36-20-17-35-15-3-4-16-35)23-25(31)5-6-28-29(31)8-12-32(2)30(28)9-13-33(32,39-19-14-34)26-10-18-37-24-26/h5,10,18,24,27-30H,3-4,6-9,11-17,19-23,34H2,1-2H3/t27?,28-,29-,30+,31+,32+,33?/m1/s1. The summed E-state index contributed by atoms with van der Waals surface area (Å²) in [4.78, 5) is 2.51. The third-order valence-electron chi connectivity index (χ3n) is 12.0. The third kappa shape index (κ3) is 4.97. The van der Waals surface area contributed by atoms with Crippen molar-refractivity contribution in [1.29, 1.82) is 0 Å². The minimum atomic E-state index is -0.276. The van der Waals surface area contributed by atoms with E-state index >= 15 is 0 Å². The Balaban J connectivity index is 1.08. The number of nitrogens with two attached hydrogens (primary N) is 1. The second-order valence-electron chi connectivity index (χ2n) is 13.6. The molecule has 0 radical (unpaired) electrons. The molecule has 6 nitrogen and oxygen atoms in total. The second-order valence-corrected chi connectivity index (χ2v) is 13.6. The molecule has 1 saturated heterocycles. The van der Waals surface area contributed by atoms with Gasteiger partial charge in [0.1, 0.15) is 5.60 Å². The molecular formula is C33H52N2O4. The first kappa shape index (κ1) is 28.0. The van der Waals surface area contributed by atoms with Gasteiger partial charge in [-0.1, -0.05) is 25.5 Å². The topological polar surface area (TPSA) is 70.1 Å². The Morgan fingerprint density at radius 2 is 1.85 bits per heavy atom. The van der Waals surface area contributed by atoms with Crippen molar-refractivity contribution >= 4 is 0 Å². The highest BCUT2D eigenvalue weighted by atomic mass is 16.5. The number of hydrogen-bond donors (Lipinski definition) is 1. The lowest BCUT2D eigenvalue weighted by molar-refractivity contribution is -0.162. The van der Waals surface area contributed by atoms with Crippen LogP contribution in [-0.4, -0.2) is 63.6 Å². The maximum Gasteiger partial charge on any atom is 0.102 e. The van der Waals surface area contributed by atoms with E-state index in [2.05, 4.69) is 30.9 Å². The summed E-state index contributed by atoms with van der Waals surface area (Å²) >= 11 is 0. The van der Waals surface area contributed by atoms with Crippen LogP contribution in [0.25, 0.3) is 0 Å². The van der Waals surface area contributed by atoms with Gasteiger partial charge in [0, 0.05) is 24.1 Å². The van der Waals surface area contributed by atoms with Gasteiger partial charge in [-0.3, -0.25) is 0 Å². The fraction of sp³-hybridized carbons (Fsp3) is 0.818. The van der Waals surface area contributed by atoms with E-state index in [1.54, 1.807) is 5.57 Å². The first-order valence-corrected chi connectivity index (χ1v) is 16.0. The molecular weight excluding hydrogens is 488 g/mol. The van der Waals surface area contributed by atoms with E-state index in [4.69, 9.17) is 24.4 Å². The van der Waals surface area contributed by atoms with Gasteiger partial charge >= 0.3 is 0 Å². The lowest BCUT2D eigenvalue weighted by atomic mass is 9.46. The van der Waals surface area contributed by atoms with Crippen molar-refractivity contribution in [3.63, 3.8) is 0 Å². The number of hydrogen-bond acceptors (Lipinski definition) is 6. The molecule has 0 amide bonds. The largest absolute Gasteiger partial charge is 0.472 e. The number of nitrogens with zero attached hydrogens (tertiary/aromatic N) is 1. The molecule has 4 aliphatic carbocycles. The average molecular weight is 541 g/mol. The summed E-state index contributed by atoms with van der Waals surface area (Å²) in [7, 11) is 0. The van der Waals surface area contributed by atoms with Crippen molar-refractivity contribution in [2.75, 3.05) is 52.6 Å². The molecule has 2 unspecified atom stereocenters. The highest BCUT2D eigenvalue weighted by Gasteiger charge is 2.65. The molecule has 0 aromatic carbocycles. The van der Waals surface area contributed by atoms with Crippen LogP contribution in [0, 0.1) is 28.6 Å². The second kappa shape index (κ2) is 11.6. The molecule has 0 spiro atoms. The zero-order valence-corrected chi connectivity index (χ0v) is 24.5. The summed E-state index contributed by atoms with van der Waals surface area (Å²) in [5.74, 6) is 2.17. The fourth-order valence-corrected chi connectivity index (χ4v) is 9.87. The SMILES string of the molecule is C[C@]12CCC(OCCOCCN3CCCC3)CC1=CC[C@@H]1[C@H]2CC[C@@]2(C)[C@H]1CCC2(OCCN)c1ccoc1. The summed E-state index contributed by atoms with van der Waals surface area (Å²) in [6.45, 7) is 12.1. The molecule has 6 heteroatoms. The van der Waals surface area contributed by atoms with Crippen molar-refractivity contribution in [1.82, 2.24) is 4.90 Å². The number of furan rings is 1. The van der Waals surface area contributed by atoms with Crippen molar-refractivity contribution in [2.24, 2.45) is 34.3 Å². The van der Waals surface area contributed by atoms with E-state index in [0.717, 1.165) is 51.0 Å². The summed E-state index contributed by atoms with van der Waals surface area (Å²) in [5, 5.41) is 0. The molecule has 1 aromatic heterocycles. The van der Waals surface area contributed by atoms with Gasteiger partial charge in [0.25, 0.3) is 0 Å². The van der Waals surface area contributed by atoms with E-state index in [9.17, 15) is 0 Å². The number of allylic oxidation sites excluding steroid dienone is 1. The van der Waals surface area contributed by atoms with Gasteiger partial charge in [-0.05, 0) is 107 Å². The van der Waals surface area contributed by atoms with E-state index in [0.29, 0.717) is 30.6 Å². The lowest BCUT2D eigenvalue weighted by Gasteiger charge is -2.59. The van der Waals surface area contributed by atoms with E-state index in [1.165, 1.54) is 70.0 Å². The highest BCUT2D eigenvalue weighted by molar-refractivity contribution is 5.30. The summed E-state index contributed by atoms with van der Waals surface area (Å²) in [6.07, 6.45) is 18.9. The van der Waals surface area contributed by atoms with Crippen LogP contribution < -0.4 is 5.73 Å². The lowest BCUT2D eigenvalue weighted by Crippen LogP contribution is -2.54. The Kier molecular flexibility index (Phi) is 8.32. The van der Waals surface area contributed by atoms with Gasteiger partial charge in [0.15, 0.2) is 0 Å². The van der Waals surface area contributed by atoms with E-state index < -0.39 is 0 Å². The molecule has 1 aromatic rings. The Bertz CT molecular complexity index is 974. The number of ether oxygens (including phenoxy) is 3. The summed E-state index contributed by atoms with van der Waals surface area (Å²) in [5.41, 5.74) is 8.99. The fourth-order valence-electron chi connectivity index (χ4n) is 9.87. The predicted octanol–water partition coefficient (Wildman–Crippen LogP) is 5.91. The Labute approximate surface area is 236 Å². The number of rotatable bonds is 11.